The number of non-ortho nitro benzene ring substituents is 1. The van der Waals surface area contributed by atoms with Crippen molar-refractivity contribution in [1.82, 2.24) is 0 Å². The Morgan fingerprint density at radius 2 is 2.22 bits per heavy atom. The number of carboxylic acids is 1. The molecule has 1 aliphatic rings. The van der Waals surface area contributed by atoms with E-state index in [1.807, 2.05) is 0 Å². The van der Waals surface area contributed by atoms with Gasteiger partial charge in [0.05, 0.1) is 23.1 Å². The average Bonchev–Trinajstić information content (AvgIpc) is 2.31. The van der Waals surface area contributed by atoms with Crippen LogP contribution in [-0.2, 0) is 9.59 Å². The second-order valence-electron chi connectivity index (χ2n) is 3.55. The van der Waals surface area contributed by atoms with Crippen LogP contribution in [0.4, 0.5) is 11.4 Å². The molecule has 1 aromatic rings. The number of aliphatic carboxylic acids is 1. The van der Waals surface area contributed by atoms with Crippen molar-refractivity contribution >= 4 is 23.3 Å². The monoisotopic (exact) mass is 251 g/mol. The third-order valence-electron chi connectivity index (χ3n) is 2.38. The zero-order valence-corrected chi connectivity index (χ0v) is 8.99. The lowest BCUT2D eigenvalue weighted by molar-refractivity contribution is -0.384. The smallest absolute Gasteiger partial charge is 0.271 e. The van der Waals surface area contributed by atoms with E-state index in [-0.39, 0.29) is 23.7 Å². The van der Waals surface area contributed by atoms with Gasteiger partial charge in [0.25, 0.3) is 11.6 Å². The number of anilines is 1. The minimum Gasteiger partial charge on any atom is -0.548 e. The van der Waals surface area contributed by atoms with E-state index >= 15 is 0 Å². The Morgan fingerprint density at radius 1 is 1.50 bits per heavy atom. The fourth-order valence-electron chi connectivity index (χ4n) is 1.61. The largest absolute Gasteiger partial charge is 0.548 e. The van der Waals surface area contributed by atoms with Crippen molar-refractivity contribution < 1.29 is 24.4 Å². The molecule has 8 nitrogen and oxygen atoms in total. The van der Waals surface area contributed by atoms with Crippen LogP contribution in [-0.4, -0.2) is 30.0 Å². The van der Waals surface area contributed by atoms with Crippen LogP contribution in [0.3, 0.4) is 0 Å². The number of nitro benzene ring substituents is 1. The van der Waals surface area contributed by atoms with Gasteiger partial charge in [-0.25, -0.2) is 0 Å². The minimum atomic E-state index is -1.46. The highest BCUT2D eigenvalue weighted by atomic mass is 16.6. The van der Waals surface area contributed by atoms with Crippen LogP contribution >= 0.6 is 0 Å². The number of rotatable bonds is 3. The van der Waals surface area contributed by atoms with Crippen molar-refractivity contribution in [3.8, 4) is 5.75 Å². The average molecular weight is 251 g/mol. The van der Waals surface area contributed by atoms with Crippen LogP contribution in [0, 0.1) is 10.1 Å². The van der Waals surface area contributed by atoms with Gasteiger partial charge in [-0.1, -0.05) is 0 Å². The molecule has 8 heteroatoms. The Bertz CT molecular complexity index is 541. The predicted molar refractivity (Wildman–Crippen MR) is 56.0 cm³/mol. The zero-order valence-electron chi connectivity index (χ0n) is 8.99. The number of amides is 1. The summed E-state index contributed by atoms with van der Waals surface area (Å²) in [5.41, 5.74) is -0.194. The Balaban J connectivity index is 2.46. The molecule has 0 fully saturated rings. The quantitative estimate of drug-likeness (QED) is 0.506. The van der Waals surface area contributed by atoms with Crippen LogP contribution in [0.15, 0.2) is 18.2 Å². The molecule has 0 aromatic heterocycles. The lowest BCUT2D eigenvalue weighted by Gasteiger charge is -2.29. The van der Waals surface area contributed by atoms with E-state index in [2.05, 4.69) is 0 Å². The van der Waals surface area contributed by atoms with Crippen LogP contribution in [0.5, 0.6) is 5.75 Å². The standard InChI is InChI=1S/C10H8N2O6/c13-9-5-18-8-2-1-6(12(16)17)3-7(8)11(9)4-10(14)15/h1-3H,4-5H2,(H,14,15)/p-1. The highest BCUT2D eigenvalue weighted by molar-refractivity contribution is 6.01. The second-order valence-corrected chi connectivity index (χ2v) is 3.55. The molecule has 94 valence electrons. The molecule has 0 radical (unpaired) electrons. The maximum atomic E-state index is 11.5. The molecule has 0 unspecified atom stereocenters. The maximum Gasteiger partial charge on any atom is 0.271 e. The van der Waals surface area contributed by atoms with Gasteiger partial charge in [0, 0.05) is 12.1 Å². The van der Waals surface area contributed by atoms with E-state index in [9.17, 15) is 24.8 Å². The van der Waals surface area contributed by atoms with Crippen molar-refractivity contribution in [2.75, 3.05) is 18.1 Å². The van der Waals surface area contributed by atoms with E-state index < -0.39 is 23.3 Å². The summed E-state index contributed by atoms with van der Waals surface area (Å²) in [6, 6.07) is 3.63. The molecule has 2 rings (SSSR count). The van der Waals surface area contributed by atoms with Crippen LogP contribution < -0.4 is 14.7 Å². The molecule has 0 aliphatic carbocycles. The molecule has 0 saturated heterocycles. The number of carbonyl (C=O) groups excluding carboxylic acids is 2. The topological polar surface area (TPSA) is 113 Å². The lowest BCUT2D eigenvalue weighted by Crippen LogP contribution is -2.45. The molecule has 0 spiro atoms. The lowest BCUT2D eigenvalue weighted by atomic mass is 10.2. The summed E-state index contributed by atoms with van der Waals surface area (Å²) in [7, 11) is 0. The van der Waals surface area contributed by atoms with Gasteiger partial charge < -0.3 is 19.5 Å². The molecule has 0 saturated carbocycles. The zero-order chi connectivity index (χ0) is 13.3. The van der Waals surface area contributed by atoms with Crippen molar-refractivity contribution in [3.05, 3.63) is 28.3 Å². The highest BCUT2D eigenvalue weighted by Gasteiger charge is 2.27. The molecule has 18 heavy (non-hydrogen) atoms. The molecule has 1 amide bonds. The van der Waals surface area contributed by atoms with E-state index in [1.54, 1.807) is 0 Å². The summed E-state index contributed by atoms with van der Waals surface area (Å²) >= 11 is 0. The van der Waals surface area contributed by atoms with E-state index in [4.69, 9.17) is 4.74 Å². The number of nitrogens with zero attached hydrogens (tertiary/aromatic N) is 2. The minimum absolute atomic E-state index is 0.0599. The summed E-state index contributed by atoms with van der Waals surface area (Å²) in [6.07, 6.45) is 0. The molecule has 0 atom stereocenters. The first-order valence-electron chi connectivity index (χ1n) is 4.90. The number of hydrogen-bond acceptors (Lipinski definition) is 6. The number of ether oxygens (including phenoxy) is 1. The van der Waals surface area contributed by atoms with Gasteiger partial charge in [0.15, 0.2) is 6.61 Å². The third kappa shape index (κ3) is 2.08. The summed E-state index contributed by atoms with van der Waals surface area (Å²) in [5, 5.41) is 21.2. The van der Waals surface area contributed by atoms with E-state index in [0.29, 0.717) is 0 Å². The SMILES string of the molecule is O=C([O-])CN1C(=O)COc2ccc([N+](=O)[O-])cc21. The fraction of sp³-hybridized carbons (Fsp3) is 0.200. The number of fused-ring (bicyclic) bond motifs is 1. The van der Waals surface area contributed by atoms with Crippen molar-refractivity contribution in [3.63, 3.8) is 0 Å². The summed E-state index contributed by atoms with van der Waals surface area (Å²) in [6.45, 7) is -0.978. The molecular weight excluding hydrogens is 244 g/mol. The number of hydrogen-bond donors (Lipinski definition) is 0. The Hall–Kier alpha value is -2.64. The maximum absolute atomic E-state index is 11.5. The van der Waals surface area contributed by atoms with E-state index in [1.165, 1.54) is 12.1 Å². The van der Waals surface area contributed by atoms with Gasteiger partial charge >= 0.3 is 0 Å². The summed E-state index contributed by atoms with van der Waals surface area (Å²) in [5.74, 6) is -1.82. The third-order valence-corrected chi connectivity index (χ3v) is 2.38. The first-order valence-corrected chi connectivity index (χ1v) is 4.90. The normalized spacial score (nSPS) is 13.8. The van der Waals surface area contributed by atoms with Crippen molar-refractivity contribution in [2.24, 2.45) is 0 Å². The fourth-order valence-corrected chi connectivity index (χ4v) is 1.61. The van der Waals surface area contributed by atoms with Gasteiger partial charge in [-0.05, 0) is 6.07 Å². The van der Waals surface area contributed by atoms with Gasteiger partial charge in [0.2, 0.25) is 0 Å². The molecule has 1 heterocycles. The van der Waals surface area contributed by atoms with Crippen LogP contribution in [0.2, 0.25) is 0 Å². The second kappa shape index (κ2) is 4.32. The van der Waals surface area contributed by atoms with Crippen molar-refractivity contribution in [1.29, 1.82) is 0 Å². The van der Waals surface area contributed by atoms with Gasteiger partial charge in [-0.2, -0.15) is 0 Å². The first-order chi connectivity index (χ1) is 8.49. The molecule has 1 aromatic carbocycles. The molecular formula is C10H7N2O6-. The van der Waals surface area contributed by atoms with Crippen LogP contribution in [0.25, 0.3) is 0 Å². The van der Waals surface area contributed by atoms with Crippen molar-refractivity contribution in [2.45, 2.75) is 0 Å². The number of carboxylic acid groups (broad SMARTS) is 1. The van der Waals surface area contributed by atoms with E-state index in [0.717, 1.165) is 11.0 Å². The molecule has 1 aliphatic heterocycles. The Kier molecular flexibility index (Phi) is 2.84. The Morgan fingerprint density at radius 3 is 2.83 bits per heavy atom. The number of benzene rings is 1. The highest BCUT2D eigenvalue weighted by Crippen LogP contribution is 2.34. The van der Waals surface area contributed by atoms with Gasteiger partial charge in [0.1, 0.15) is 5.75 Å². The molecule has 0 N–H and O–H groups in total. The van der Waals surface area contributed by atoms with Gasteiger partial charge in [-0.15, -0.1) is 0 Å². The molecule has 0 bridgehead atoms. The predicted octanol–water partition coefficient (Wildman–Crippen LogP) is -0.930. The number of nitro groups is 1. The van der Waals surface area contributed by atoms with Crippen LogP contribution in [0.1, 0.15) is 0 Å². The summed E-state index contributed by atoms with van der Waals surface area (Å²) in [4.78, 5) is 33.0. The Labute approximate surface area is 101 Å². The number of carbonyl (C=O) groups is 2. The van der Waals surface area contributed by atoms with Gasteiger partial charge in [-0.3, -0.25) is 14.9 Å². The first kappa shape index (κ1) is 11.8. The summed E-state index contributed by atoms with van der Waals surface area (Å²) < 4.78 is 5.06.